The van der Waals surface area contributed by atoms with Crippen LogP contribution in [0.4, 0.5) is 0 Å². The topological polar surface area (TPSA) is 55.8 Å². The standard InChI is InChI=1S/C16H16O4/c1-19-14-7-6-12(10-4-2-3-5-11(10)14)15-13(16(17)18)8-9-20-15/h2-7,13,15H,8-9H2,1H3,(H,17,18). The van der Waals surface area contributed by atoms with Crippen LogP contribution >= 0.6 is 0 Å². The van der Waals surface area contributed by atoms with Crippen molar-refractivity contribution < 1.29 is 19.4 Å². The monoisotopic (exact) mass is 272 g/mol. The number of benzene rings is 2. The Bertz CT molecular complexity index is 650. The number of hydrogen-bond donors (Lipinski definition) is 1. The molecule has 1 saturated heterocycles. The number of carboxylic acids is 1. The van der Waals surface area contributed by atoms with E-state index in [1.54, 1.807) is 7.11 Å². The van der Waals surface area contributed by atoms with Gasteiger partial charge in [-0.3, -0.25) is 4.79 Å². The second-order valence-corrected chi connectivity index (χ2v) is 4.93. The van der Waals surface area contributed by atoms with Gasteiger partial charge < -0.3 is 14.6 Å². The molecule has 2 unspecified atom stereocenters. The van der Waals surface area contributed by atoms with E-state index in [1.807, 2.05) is 36.4 Å². The summed E-state index contributed by atoms with van der Waals surface area (Å²) in [6.07, 6.45) is 0.170. The molecule has 2 aromatic rings. The van der Waals surface area contributed by atoms with Crippen LogP contribution in [0.25, 0.3) is 10.8 Å². The fourth-order valence-electron chi connectivity index (χ4n) is 2.87. The minimum absolute atomic E-state index is 0.386. The summed E-state index contributed by atoms with van der Waals surface area (Å²) in [6.45, 7) is 0.488. The van der Waals surface area contributed by atoms with Crippen LogP contribution in [0.1, 0.15) is 18.1 Å². The molecule has 0 aromatic heterocycles. The third-order valence-corrected chi connectivity index (χ3v) is 3.85. The Morgan fingerprint density at radius 1 is 1.25 bits per heavy atom. The second-order valence-electron chi connectivity index (χ2n) is 4.93. The number of carboxylic acid groups (broad SMARTS) is 1. The quantitative estimate of drug-likeness (QED) is 0.933. The normalized spacial score (nSPS) is 22.1. The largest absolute Gasteiger partial charge is 0.496 e. The van der Waals surface area contributed by atoms with Gasteiger partial charge in [-0.05, 0) is 23.4 Å². The third kappa shape index (κ3) is 2.02. The third-order valence-electron chi connectivity index (χ3n) is 3.85. The Hall–Kier alpha value is -2.07. The Balaban J connectivity index is 2.15. The summed E-state index contributed by atoms with van der Waals surface area (Å²) in [5.74, 6) is -0.492. The Labute approximate surface area is 116 Å². The first-order valence-corrected chi connectivity index (χ1v) is 6.62. The van der Waals surface area contributed by atoms with Crippen molar-refractivity contribution >= 4 is 16.7 Å². The molecule has 0 bridgehead atoms. The van der Waals surface area contributed by atoms with E-state index in [0.29, 0.717) is 13.0 Å². The van der Waals surface area contributed by atoms with E-state index >= 15 is 0 Å². The van der Waals surface area contributed by atoms with Crippen molar-refractivity contribution in [2.24, 2.45) is 5.92 Å². The minimum atomic E-state index is -0.799. The lowest BCUT2D eigenvalue weighted by Crippen LogP contribution is -2.17. The molecule has 4 heteroatoms. The lowest BCUT2D eigenvalue weighted by Gasteiger charge is -2.18. The highest BCUT2D eigenvalue weighted by Crippen LogP contribution is 2.40. The van der Waals surface area contributed by atoms with Crippen LogP contribution in [-0.2, 0) is 9.53 Å². The van der Waals surface area contributed by atoms with Crippen molar-refractivity contribution in [1.82, 2.24) is 0 Å². The molecule has 2 aromatic carbocycles. The first kappa shape index (κ1) is 12.9. The summed E-state index contributed by atoms with van der Waals surface area (Å²) >= 11 is 0. The first-order valence-electron chi connectivity index (χ1n) is 6.62. The van der Waals surface area contributed by atoms with Gasteiger partial charge in [-0.15, -0.1) is 0 Å². The molecule has 3 rings (SSSR count). The van der Waals surface area contributed by atoms with Gasteiger partial charge in [0, 0.05) is 12.0 Å². The van der Waals surface area contributed by atoms with Crippen molar-refractivity contribution in [3.63, 3.8) is 0 Å². The maximum Gasteiger partial charge on any atom is 0.309 e. The maximum absolute atomic E-state index is 11.3. The highest BCUT2D eigenvalue weighted by atomic mass is 16.5. The van der Waals surface area contributed by atoms with Gasteiger partial charge in [0.05, 0.1) is 19.1 Å². The summed E-state index contributed by atoms with van der Waals surface area (Å²) in [6, 6.07) is 11.6. The van der Waals surface area contributed by atoms with Gasteiger partial charge in [-0.2, -0.15) is 0 Å². The highest BCUT2D eigenvalue weighted by Gasteiger charge is 2.36. The van der Waals surface area contributed by atoms with Crippen LogP contribution in [0.3, 0.4) is 0 Å². The van der Waals surface area contributed by atoms with E-state index < -0.39 is 11.9 Å². The van der Waals surface area contributed by atoms with E-state index in [0.717, 1.165) is 22.1 Å². The smallest absolute Gasteiger partial charge is 0.309 e. The van der Waals surface area contributed by atoms with E-state index in [9.17, 15) is 9.90 Å². The lowest BCUT2D eigenvalue weighted by atomic mass is 9.91. The predicted octanol–water partition coefficient (Wildman–Crippen LogP) is 3.01. The molecule has 0 radical (unpaired) electrons. The molecule has 0 aliphatic carbocycles. The predicted molar refractivity (Wildman–Crippen MR) is 74.9 cm³/mol. The SMILES string of the molecule is COc1ccc(C2OCCC2C(=O)O)c2ccccc12. The molecule has 0 saturated carbocycles. The molecule has 1 fully saturated rings. The second kappa shape index (κ2) is 5.13. The maximum atomic E-state index is 11.3. The summed E-state index contributed by atoms with van der Waals surface area (Å²) < 4.78 is 11.0. The van der Waals surface area contributed by atoms with Crippen LogP contribution in [0.5, 0.6) is 5.75 Å². The molecular formula is C16H16O4. The molecule has 104 valence electrons. The number of carbonyl (C=O) groups is 1. The Kier molecular flexibility index (Phi) is 3.32. The lowest BCUT2D eigenvalue weighted by molar-refractivity contribution is -0.143. The summed E-state index contributed by atoms with van der Waals surface area (Å²) in [4.78, 5) is 11.3. The van der Waals surface area contributed by atoms with Crippen molar-refractivity contribution in [3.8, 4) is 5.75 Å². The molecular weight excluding hydrogens is 256 g/mol. The average molecular weight is 272 g/mol. The van der Waals surface area contributed by atoms with Crippen LogP contribution in [0, 0.1) is 5.92 Å². The molecule has 2 atom stereocenters. The van der Waals surface area contributed by atoms with Crippen LogP contribution in [0.2, 0.25) is 0 Å². The number of aliphatic carboxylic acids is 1. The zero-order valence-corrected chi connectivity index (χ0v) is 11.2. The number of hydrogen-bond acceptors (Lipinski definition) is 3. The number of methoxy groups -OCH3 is 1. The molecule has 1 heterocycles. The molecule has 20 heavy (non-hydrogen) atoms. The number of ether oxygens (including phenoxy) is 2. The molecule has 1 aliphatic heterocycles. The molecule has 0 spiro atoms. The van der Waals surface area contributed by atoms with Crippen LogP contribution in [0.15, 0.2) is 36.4 Å². The summed E-state index contributed by atoms with van der Waals surface area (Å²) in [5.41, 5.74) is 0.923. The summed E-state index contributed by atoms with van der Waals surface area (Å²) in [5, 5.41) is 11.3. The first-order chi connectivity index (χ1) is 9.72. The van der Waals surface area contributed by atoms with Gasteiger partial charge in [0.25, 0.3) is 0 Å². The van der Waals surface area contributed by atoms with Gasteiger partial charge in [0.2, 0.25) is 0 Å². The van der Waals surface area contributed by atoms with E-state index in [2.05, 4.69) is 0 Å². The van der Waals surface area contributed by atoms with E-state index in [1.165, 1.54) is 0 Å². The van der Waals surface area contributed by atoms with Crippen LogP contribution < -0.4 is 4.74 Å². The zero-order chi connectivity index (χ0) is 14.1. The molecule has 4 nitrogen and oxygen atoms in total. The van der Waals surface area contributed by atoms with Gasteiger partial charge in [-0.25, -0.2) is 0 Å². The fraction of sp³-hybridized carbons (Fsp3) is 0.312. The Morgan fingerprint density at radius 2 is 2.00 bits per heavy atom. The fourth-order valence-corrected chi connectivity index (χ4v) is 2.87. The number of fused-ring (bicyclic) bond motifs is 1. The van der Waals surface area contributed by atoms with Gasteiger partial charge in [-0.1, -0.05) is 30.3 Å². The van der Waals surface area contributed by atoms with E-state index in [-0.39, 0.29) is 6.10 Å². The zero-order valence-electron chi connectivity index (χ0n) is 11.2. The molecule has 0 amide bonds. The van der Waals surface area contributed by atoms with E-state index in [4.69, 9.17) is 9.47 Å². The van der Waals surface area contributed by atoms with Gasteiger partial charge in [0.1, 0.15) is 5.75 Å². The minimum Gasteiger partial charge on any atom is -0.496 e. The molecule has 1 aliphatic rings. The molecule has 1 N–H and O–H groups in total. The number of rotatable bonds is 3. The highest BCUT2D eigenvalue weighted by molar-refractivity contribution is 5.91. The van der Waals surface area contributed by atoms with Crippen molar-refractivity contribution in [2.75, 3.05) is 13.7 Å². The van der Waals surface area contributed by atoms with Crippen molar-refractivity contribution in [2.45, 2.75) is 12.5 Å². The Morgan fingerprint density at radius 3 is 2.70 bits per heavy atom. The van der Waals surface area contributed by atoms with Crippen molar-refractivity contribution in [3.05, 3.63) is 42.0 Å². The van der Waals surface area contributed by atoms with Crippen molar-refractivity contribution in [1.29, 1.82) is 0 Å². The van der Waals surface area contributed by atoms with Crippen LogP contribution in [-0.4, -0.2) is 24.8 Å². The summed E-state index contributed by atoms with van der Waals surface area (Å²) in [7, 11) is 1.63. The van der Waals surface area contributed by atoms with Gasteiger partial charge in [0.15, 0.2) is 0 Å². The average Bonchev–Trinajstić information content (AvgIpc) is 2.95. The van der Waals surface area contributed by atoms with Gasteiger partial charge >= 0.3 is 5.97 Å².